The number of ether oxygens (including phenoxy) is 2. The van der Waals surface area contributed by atoms with Gasteiger partial charge in [-0.2, -0.15) is 0 Å². The molecule has 5 heteroatoms. The zero-order valence-electron chi connectivity index (χ0n) is 13.3. The minimum Gasteiger partial charge on any atom is -0.389 e. The van der Waals surface area contributed by atoms with Crippen LogP contribution in [0.4, 0.5) is 0 Å². The van der Waals surface area contributed by atoms with Crippen LogP contribution in [0.5, 0.6) is 0 Å². The average Bonchev–Trinajstić information content (AvgIpc) is 2.42. The molecule has 0 aromatic rings. The van der Waals surface area contributed by atoms with Gasteiger partial charge in [0.2, 0.25) is 0 Å². The quantitative estimate of drug-likeness (QED) is 0.584. The zero-order chi connectivity index (χ0) is 14.8. The van der Waals surface area contributed by atoms with E-state index in [2.05, 4.69) is 24.1 Å². The molecule has 0 bridgehead atoms. The Labute approximate surface area is 123 Å². The maximum absolute atomic E-state index is 10.1. The molecule has 0 saturated carbocycles. The van der Waals surface area contributed by atoms with Gasteiger partial charge in [-0.1, -0.05) is 20.3 Å². The first-order chi connectivity index (χ1) is 9.63. The van der Waals surface area contributed by atoms with E-state index in [-0.39, 0.29) is 0 Å². The fraction of sp³-hybridized carbons (Fsp3) is 1.00. The van der Waals surface area contributed by atoms with Crippen LogP contribution in [0.1, 0.15) is 33.1 Å². The van der Waals surface area contributed by atoms with Crippen LogP contribution in [0.2, 0.25) is 0 Å². The van der Waals surface area contributed by atoms with E-state index in [4.69, 9.17) is 9.47 Å². The number of aliphatic hydroxyl groups is 1. The van der Waals surface area contributed by atoms with Crippen LogP contribution in [-0.2, 0) is 9.47 Å². The molecule has 5 nitrogen and oxygen atoms in total. The molecule has 0 radical (unpaired) electrons. The molecule has 1 saturated heterocycles. The van der Waals surface area contributed by atoms with E-state index in [9.17, 15) is 5.11 Å². The normalized spacial score (nSPS) is 22.4. The predicted octanol–water partition coefficient (Wildman–Crippen LogP) is 0.863. The van der Waals surface area contributed by atoms with Gasteiger partial charge in [0.15, 0.2) is 0 Å². The molecule has 1 fully saturated rings. The van der Waals surface area contributed by atoms with Gasteiger partial charge >= 0.3 is 0 Å². The lowest BCUT2D eigenvalue weighted by atomic mass is 10.0. The van der Waals surface area contributed by atoms with Crippen LogP contribution in [-0.4, -0.2) is 74.8 Å². The summed E-state index contributed by atoms with van der Waals surface area (Å²) >= 11 is 0. The maximum Gasteiger partial charge on any atom is 0.0900 e. The van der Waals surface area contributed by atoms with Crippen LogP contribution in [0.3, 0.4) is 0 Å². The summed E-state index contributed by atoms with van der Waals surface area (Å²) in [5.41, 5.74) is 0. The summed E-state index contributed by atoms with van der Waals surface area (Å²) < 4.78 is 10.3. The van der Waals surface area contributed by atoms with Crippen molar-refractivity contribution in [1.29, 1.82) is 0 Å². The molecular weight excluding hydrogens is 256 g/mol. The number of piperidine rings is 1. The van der Waals surface area contributed by atoms with Gasteiger partial charge in [-0.3, -0.25) is 4.90 Å². The van der Waals surface area contributed by atoms with Gasteiger partial charge in [0.05, 0.1) is 25.9 Å². The fourth-order valence-electron chi connectivity index (χ4n) is 2.59. The Bertz CT molecular complexity index is 239. The lowest BCUT2D eigenvalue weighted by Gasteiger charge is -2.37. The Morgan fingerprint density at radius 1 is 1.30 bits per heavy atom. The van der Waals surface area contributed by atoms with Crippen molar-refractivity contribution in [1.82, 2.24) is 10.2 Å². The minimum atomic E-state index is -0.411. The highest BCUT2D eigenvalue weighted by Crippen LogP contribution is 2.17. The van der Waals surface area contributed by atoms with E-state index in [1.54, 1.807) is 7.11 Å². The van der Waals surface area contributed by atoms with Crippen LogP contribution >= 0.6 is 0 Å². The molecule has 2 N–H and O–H groups in total. The monoisotopic (exact) mass is 288 g/mol. The predicted molar refractivity (Wildman–Crippen MR) is 81.1 cm³/mol. The third-order valence-corrected chi connectivity index (χ3v) is 3.70. The van der Waals surface area contributed by atoms with E-state index >= 15 is 0 Å². The SMILES string of the molecule is COCCOCC(O)CN1CCCCC1CNC(C)C. The fourth-order valence-corrected chi connectivity index (χ4v) is 2.59. The maximum atomic E-state index is 10.1. The number of nitrogens with zero attached hydrogens (tertiary/aromatic N) is 1. The van der Waals surface area contributed by atoms with Crippen LogP contribution in [0.25, 0.3) is 0 Å². The topological polar surface area (TPSA) is 54.0 Å². The van der Waals surface area contributed by atoms with Crippen molar-refractivity contribution in [3.63, 3.8) is 0 Å². The second-order valence-electron chi connectivity index (χ2n) is 5.93. The van der Waals surface area contributed by atoms with Crippen molar-refractivity contribution in [2.24, 2.45) is 0 Å². The van der Waals surface area contributed by atoms with Crippen molar-refractivity contribution >= 4 is 0 Å². The first-order valence-corrected chi connectivity index (χ1v) is 7.85. The number of hydrogen-bond acceptors (Lipinski definition) is 5. The van der Waals surface area contributed by atoms with Crippen molar-refractivity contribution < 1.29 is 14.6 Å². The second-order valence-corrected chi connectivity index (χ2v) is 5.93. The van der Waals surface area contributed by atoms with Crippen LogP contribution < -0.4 is 5.32 Å². The Balaban J connectivity index is 2.26. The van der Waals surface area contributed by atoms with Gasteiger partial charge in [0.1, 0.15) is 0 Å². The smallest absolute Gasteiger partial charge is 0.0900 e. The number of methoxy groups -OCH3 is 1. The number of likely N-dealkylation sites (tertiary alicyclic amines) is 1. The molecule has 120 valence electrons. The molecule has 2 atom stereocenters. The van der Waals surface area contributed by atoms with Crippen molar-refractivity contribution in [3.8, 4) is 0 Å². The summed E-state index contributed by atoms with van der Waals surface area (Å²) in [6.07, 6.45) is 3.33. The van der Waals surface area contributed by atoms with Gasteiger partial charge in [0.25, 0.3) is 0 Å². The molecule has 0 aromatic carbocycles. The minimum absolute atomic E-state index is 0.393. The Morgan fingerprint density at radius 2 is 2.10 bits per heavy atom. The zero-order valence-corrected chi connectivity index (χ0v) is 13.3. The van der Waals surface area contributed by atoms with Crippen molar-refractivity contribution in [3.05, 3.63) is 0 Å². The van der Waals surface area contributed by atoms with E-state index in [1.807, 2.05) is 0 Å². The number of aliphatic hydroxyl groups excluding tert-OH is 1. The van der Waals surface area contributed by atoms with Gasteiger partial charge in [0, 0.05) is 32.3 Å². The van der Waals surface area contributed by atoms with Crippen LogP contribution in [0, 0.1) is 0 Å². The second kappa shape index (κ2) is 10.5. The van der Waals surface area contributed by atoms with Gasteiger partial charge in [-0.15, -0.1) is 0 Å². The number of β-amino-alcohol motifs (C(OH)–C–C–N with tert-alkyl or cyclic N) is 1. The van der Waals surface area contributed by atoms with E-state index in [0.717, 1.165) is 13.1 Å². The molecule has 0 amide bonds. The standard InChI is InChI=1S/C15H32N2O3/c1-13(2)16-10-14-6-4-5-7-17(14)11-15(18)12-20-9-8-19-3/h13-16,18H,4-12H2,1-3H3. The lowest BCUT2D eigenvalue weighted by molar-refractivity contribution is -0.0109. The Hall–Kier alpha value is -0.200. The summed E-state index contributed by atoms with van der Waals surface area (Å²) in [5, 5.41) is 13.6. The molecule has 0 aliphatic carbocycles. The number of hydrogen-bond donors (Lipinski definition) is 2. The molecule has 1 rings (SSSR count). The molecular formula is C15H32N2O3. The largest absolute Gasteiger partial charge is 0.389 e. The molecule has 0 aromatic heterocycles. The number of nitrogens with one attached hydrogen (secondary N) is 1. The van der Waals surface area contributed by atoms with Crippen molar-refractivity contribution in [2.75, 3.05) is 46.6 Å². The van der Waals surface area contributed by atoms with Gasteiger partial charge < -0.3 is 19.9 Å². The average molecular weight is 288 g/mol. The summed E-state index contributed by atoms with van der Waals surface area (Å²) in [4.78, 5) is 2.41. The highest BCUT2D eigenvalue weighted by Gasteiger charge is 2.24. The van der Waals surface area contributed by atoms with E-state index in [1.165, 1.54) is 19.3 Å². The number of rotatable bonds is 10. The summed E-state index contributed by atoms with van der Waals surface area (Å²) in [6.45, 7) is 8.66. The van der Waals surface area contributed by atoms with Gasteiger partial charge in [-0.05, 0) is 19.4 Å². The molecule has 20 heavy (non-hydrogen) atoms. The van der Waals surface area contributed by atoms with E-state index in [0.29, 0.717) is 38.4 Å². The highest BCUT2D eigenvalue weighted by atomic mass is 16.5. The first kappa shape index (κ1) is 17.9. The summed E-state index contributed by atoms with van der Waals surface area (Å²) in [6, 6.07) is 1.06. The third kappa shape index (κ3) is 7.55. The Morgan fingerprint density at radius 3 is 2.80 bits per heavy atom. The third-order valence-electron chi connectivity index (χ3n) is 3.70. The summed E-state index contributed by atoms with van der Waals surface area (Å²) in [7, 11) is 1.65. The molecule has 1 heterocycles. The summed E-state index contributed by atoms with van der Waals surface area (Å²) in [5.74, 6) is 0. The Kier molecular flexibility index (Phi) is 9.39. The molecule has 2 unspecified atom stereocenters. The van der Waals surface area contributed by atoms with Crippen molar-refractivity contribution in [2.45, 2.75) is 51.3 Å². The highest BCUT2D eigenvalue weighted by molar-refractivity contribution is 4.81. The first-order valence-electron chi connectivity index (χ1n) is 7.85. The van der Waals surface area contributed by atoms with E-state index < -0.39 is 6.10 Å². The van der Waals surface area contributed by atoms with Crippen LogP contribution in [0.15, 0.2) is 0 Å². The molecule has 1 aliphatic heterocycles. The lowest BCUT2D eigenvalue weighted by Crippen LogP contribution is -2.49. The molecule has 0 spiro atoms. The van der Waals surface area contributed by atoms with Gasteiger partial charge in [-0.25, -0.2) is 0 Å². The molecule has 1 aliphatic rings.